The Morgan fingerprint density at radius 2 is 2.11 bits per heavy atom. The molecule has 19 heavy (non-hydrogen) atoms. The largest absolute Gasteiger partial charge is 0.461 e. The second-order valence-electron chi connectivity index (χ2n) is 3.30. The van der Waals surface area contributed by atoms with Gasteiger partial charge in [-0.25, -0.2) is 4.79 Å². The monoisotopic (exact) mass is 276 g/mol. The third-order valence-corrected chi connectivity index (χ3v) is 2.02. The van der Waals surface area contributed by atoms with Gasteiger partial charge in [-0.15, -0.1) is 15.3 Å². The highest BCUT2D eigenvalue weighted by Crippen LogP contribution is 2.26. The topological polar surface area (TPSA) is 108 Å². The van der Waals surface area contributed by atoms with E-state index in [4.69, 9.17) is 5.73 Å². The van der Waals surface area contributed by atoms with Gasteiger partial charge in [0.2, 0.25) is 5.69 Å². The summed E-state index contributed by atoms with van der Waals surface area (Å²) >= 11 is 0. The van der Waals surface area contributed by atoms with Crippen LogP contribution in [-0.4, -0.2) is 37.4 Å². The van der Waals surface area contributed by atoms with Crippen LogP contribution in [0.5, 0.6) is 0 Å². The molecule has 2 aromatic heterocycles. The molecule has 0 aromatic carbocycles. The van der Waals surface area contributed by atoms with E-state index in [2.05, 4.69) is 25.0 Å². The Balaban J connectivity index is 2.56. The zero-order chi connectivity index (χ0) is 14.2. The number of nitrogens with two attached hydrogens (primary N) is 1. The van der Waals surface area contributed by atoms with E-state index in [1.54, 1.807) is 6.92 Å². The molecule has 0 radical (unpaired) electrons. The van der Waals surface area contributed by atoms with Gasteiger partial charge in [-0.3, -0.25) is 0 Å². The number of anilines is 1. The number of aromatic nitrogens is 5. The van der Waals surface area contributed by atoms with Gasteiger partial charge in [-0.05, 0) is 6.92 Å². The average Bonchev–Trinajstić information content (AvgIpc) is 2.74. The smallest absolute Gasteiger partial charge is 0.453 e. The van der Waals surface area contributed by atoms with Crippen LogP contribution in [0.15, 0.2) is 0 Å². The van der Waals surface area contributed by atoms with Gasteiger partial charge in [0, 0.05) is 0 Å². The summed E-state index contributed by atoms with van der Waals surface area (Å²) in [5.41, 5.74) is 5.07. The predicted octanol–water partition coefficient (Wildman–Crippen LogP) is 0.297. The SMILES string of the molecule is CCOC(=O)c1nnc2nc(C(F)(F)F)nn2c1N. The molecule has 11 heteroatoms. The van der Waals surface area contributed by atoms with E-state index in [0.717, 1.165) is 0 Å². The molecule has 0 aliphatic heterocycles. The number of rotatable bonds is 2. The van der Waals surface area contributed by atoms with Gasteiger partial charge < -0.3 is 10.5 Å². The first-order chi connectivity index (χ1) is 8.84. The van der Waals surface area contributed by atoms with E-state index in [9.17, 15) is 18.0 Å². The first-order valence-electron chi connectivity index (χ1n) is 4.97. The molecule has 2 N–H and O–H groups in total. The van der Waals surface area contributed by atoms with E-state index in [0.29, 0.717) is 4.52 Å². The molecule has 0 aliphatic carbocycles. The highest BCUT2D eigenvalue weighted by Gasteiger charge is 2.37. The van der Waals surface area contributed by atoms with E-state index in [-0.39, 0.29) is 6.61 Å². The molecule has 0 atom stereocenters. The van der Waals surface area contributed by atoms with Crippen LogP contribution in [0.2, 0.25) is 0 Å². The lowest BCUT2D eigenvalue weighted by atomic mass is 10.4. The summed E-state index contributed by atoms with van der Waals surface area (Å²) < 4.78 is 42.5. The van der Waals surface area contributed by atoms with E-state index < -0.39 is 35.3 Å². The summed E-state index contributed by atoms with van der Waals surface area (Å²) in [4.78, 5) is 14.5. The van der Waals surface area contributed by atoms with Crippen LogP contribution in [0.3, 0.4) is 0 Å². The van der Waals surface area contributed by atoms with Crippen LogP contribution < -0.4 is 5.73 Å². The van der Waals surface area contributed by atoms with E-state index >= 15 is 0 Å². The summed E-state index contributed by atoms with van der Waals surface area (Å²) in [6.45, 7) is 1.61. The molecule has 0 fully saturated rings. The van der Waals surface area contributed by atoms with Crippen molar-refractivity contribution in [3.05, 3.63) is 11.5 Å². The van der Waals surface area contributed by atoms with Gasteiger partial charge in [0.15, 0.2) is 5.82 Å². The standard InChI is InChI=1S/C8H7F3N6O2/c1-2-19-5(18)3-4(12)17-7(15-14-3)13-6(16-17)8(9,10)11/h2,12H2,1H3. The minimum Gasteiger partial charge on any atom is -0.461 e. The summed E-state index contributed by atoms with van der Waals surface area (Å²) in [5.74, 6) is -3.21. The zero-order valence-electron chi connectivity index (χ0n) is 9.47. The predicted molar refractivity (Wildman–Crippen MR) is 53.9 cm³/mol. The molecule has 0 unspecified atom stereocenters. The van der Waals surface area contributed by atoms with Crippen LogP contribution in [0.4, 0.5) is 19.0 Å². The molecule has 2 rings (SSSR count). The van der Waals surface area contributed by atoms with Crippen LogP contribution in [0, 0.1) is 0 Å². The fourth-order valence-corrected chi connectivity index (χ4v) is 1.24. The second-order valence-corrected chi connectivity index (χ2v) is 3.30. The number of halogens is 3. The van der Waals surface area contributed by atoms with Crippen LogP contribution in [0.25, 0.3) is 5.78 Å². The highest BCUT2D eigenvalue weighted by atomic mass is 19.4. The van der Waals surface area contributed by atoms with Crippen molar-refractivity contribution >= 4 is 17.6 Å². The van der Waals surface area contributed by atoms with Gasteiger partial charge in [0.05, 0.1) is 6.61 Å². The highest BCUT2D eigenvalue weighted by molar-refractivity contribution is 5.91. The minimum absolute atomic E-state index is 0.0587. The Bertz CT molecular complexity index is 637. The van der Waals surface area contributed by atoms with Crippen molar-refractivity contribution in [3.8, 4) is 0 Å². The zero-order valence-corrected chi connectivity index (χ0v) is 9.47. The van der Waals surface area contributed by atoms with Crippen molar-refractivity contribution in [2.45, 2.75) is 13.1 Å². The van der Waals surface area contributed by atoms with Crippen molar-refractivity contribution in [2.24, 2.45) is 0 Å². The summed E-state index contributed by atoms with van der Waals surface area (Å²) in [6, 6.07) is 0. The van der Waals surface area contributed by atoms with Crippen LogP contribution >= 0.6 is 0 Å². The maximum Gasteiger partial charge on any atom is 0.453 e. The lowest BCUT2D eigenvalue weighted by molar-refractivity contribution is -0.144. The molecule has 8 nitrogen and oxygen atoms in total. The lowest BCUT2D eigenvalue weighted by Gasteiger charge is -2.03. The molecule has 0 aliphatic rings. The Labute approximate surface area is 103 Å². The molecular weight excluding hydrogens is 269 g/mol. The first-order valence-corrected chi connectivity index (χ1v) is 4.97. The molecule has 0 spiro atoms. The van der Waals surface area contributed by atoms with Crippen molar-refractivity contribution in [1.29, 1.82) is 0 Å². The van der Waals surface area contributed by atoms with Crippen molar-refractivity contribution in [2.75, 3.05) is 12.3 Å². The quantitative estimate of drug-likeness (QED) is 0.785. The van der Waals surface area contributed by atoms with Crippen molar-refractivity contribution < 1.29 is 22.7 Å². The molecular formula is C8H7F3N6O2. The van der Waals surface area contributed by atoms with Gasteiger partial charge in [-0.1, -0.05) is 0 Å². The van der Waals surface area contributed by atoms with Crippen LogP contribution in [0.1, 0.15) is 23.2 Å². The summed E-state index contributed by atoms with van der Waals surface area (Å²) in [5, 5.41) is 9.85. The molecule has 102 valence electrons. The molecule has 0 saturated heterocycles. The normalized spacial score (nSPS) is 11.8. The number of carbonyl (C=O) groups is 1. The minimum atomic E-state index is -4.75. The maximum absolute atomic E-state index is 12.4. The Morgan fingerprint density at radius 3 is 2.68 bits per heavy atom. The number of hydrogen-bond donors (Lipinski definition) is 1. The Morgan fingerprint density at radius 1 is 1.42 bits per heavy atom. The van der Waals surface area contributed by atoms with Gasteiger partial charge in [0.1, 0.15) is 0 Å². The summed E-state index contributed by atoms with van der Waals surface area (Å²) in [7, 11) is 0. The fourth-order valence-electron chi connectivity index (χ4n) is 1.24. The lowest BCUT2D eigenvalue weighted by Crippen LogP contribution is -2.15. The number of esters is 1. The molecule has 2 aromatic rings. The Hall–Kier alpha value is -2.46. The van der Waals surface area contributed by atoms with Gasteiger partial charge in [-0.2, -0.15) is 22.7 Å². The second kappa shape index (κ2) is 4.33. The molecule has 0 amide bonds. The Kier molecular flexibility index (Phi) is 2.96. The number of ether oxygens (including phenoxy) is 1. The molecule has 0 saturated carbocycles. The van der Waals surface area contributed by atoms with Crippen LogP contribution in [-0.2, 0) is 10.9 Å². The van der Waals surface area contributed by atoms with Gasteiger partial charge >= 0.3 is 12.1 Å². The van der Waals surface area contributed by atoms with Crippen molar-refractivity contribution in [1.82, 2.24) is 24.8 Å². The fraction of sp³-hybridized carbons (Fsp3) is 0.375. The third-order valence-electron chi connectivity index (χ3n) is 2.02. The van der Waals surface area contributed by atoms with Gasteiger partial charge in [0.25, 0.3) is 11.6 Å². The number of hydrogen-bond acceptors (Lipinski definition) is 7. The number of carbonyl (C=O) groups excluding carboxylic acids is 1. The van der Waals surface area contributed by atoms with Crippen molar-refractivity contribution in [3.63, 3.8) is 0 Å². The maximum atomic E-state index is 12.4. The first kappa shape index (κ1) is 13.0. The number of alkyl halides is 3. The van der Waals surface area contributed by atoms with E-state index in [1.807, 2.05) is 0 Å². The molecule has 0 bridgehead atoms. The average molecular weight is 276 g/mol. The third kappa shape index (κ3) is 2.26. The molecule has 2 heterocycles. The summed E-state index contributed by atoms with van der Waals surface area (Å²) in [6.07, 6.45) is -4.75. The number of nitrogens with zero attached hydrogens (tertiary/aromatic N) is 5. The van der Waals surface area contributed by atoms with E-state index in [1.165, 1.54) is 0 Å². The number of nitrogen functional groups attached to an aromatic ring is 1. The number of fused-ring (bicyclic) bond motifs is 1.